The predicted molar refractivity (Wildman–Crippen MR) is 38.3 cm³/mol. The summed E-state index contributed by atoms with van der Waals surface area (Å²) in [5.74, 6) is 0. The Morgan fingerprint density at radius 3 is 2.89 bits per heavy atom. The minimum atomic E-state index is 0.484. The van der Waals surface area contributed by atoms with Crippen LogP contribution in [-0.4, -0.2) is 12.7 Å². The summed E-state index contributed by atoms with van der Waals surface area (Å²) in [4.78, 5) is 0. The van der Waals surface area contributed by atoms with Crippen molar-refractivity contribution in [1.29, 1.82) is 0 Å². The van der Waals surface area contributed by atoms with E-state index >= 15 is 0 Å². The zero-order valence-electron chi connectivity index (χ0n) is 5.60. The van der Waals surface area contributed by atoms with E-state index in [0.717, 1.165) is 19.4 Å². The van der Waals surface area contributed by atoms with Crippen LogP contribution in [0.5, 0.6) is 0 Å². The molecule has 1 heteroatoms. The van der Waals surface area contributed by atoms with Crippen LogP contribution in [0.15, 0.2) is 24.8 Å². The SMILES string of the molecule is C=CCC(=C)CC1CO1. The Morgan fingerprint density at radius 2 is 2.44 bits per heavy atom. The summed E-state index contributed by atoms with van der Waals surface area (Å²) in [5.41, 5.74) is 1.23. The van der Waals surface area contributed by atoms with Gasteiger partial charge in [-0.1, -0.05) is 18.2 Å². The van der Waals surface area contributed by atoms with E-state index in [-0.39, 0.29) is 0 Å². The molecule has 1 nitrogen and oxygen atoms in total. The van der Waals surface area contributed by atoms with Crippen molar-refractivity contribution in [3.63, 3.8) is 0 Å². The van der Waals surface area contributed by atoms with Gasteiger partial charge in [-0.3, -0.25) is 0 Å². The lowest BCUT2D eigenvalue weighted by atomic mass is 10.1. The summed E-state index contributed by atoms with van der Waals surface area (Å²) >= 11 is 0. The van der Waals surface area contributed by atoms with E-state index in [1.54, 1.807) is 0 Å². The Morgan fingerprint density at radius 1 is 1.78 bits per heavy atom. The van der Waals surface area contributed by atoms with Crippen molar-refractivity contribution in [2.24, 2.45) is 0 Å². The van der Waals surface area contributed by atoms with E-state index < -0.39 is 0 Å². The zero-order valence-corrected chi connectivity index (χ0v) is 5.60. The highest BCUT2D eigenvalue weighted by Gasteiger charge is 2.22. The first kappa shape index (κ1) is 6.56. The van der Waals surface area contributed by atoms with Gasteiger partial charge in [-0.15, -0.1) is 6.58 Å². The van der Waals surface area contributed by atoms with E-state index in [9.17, 15) is 0 Å². The lowest BCUT2D eigenvalue weighted by Crippen LogP contribution is -1.86. The smallest absolute Gasteiger partial charge is 0.0846 e. The fourth-order valence-corrected chi connectivity index (χ4v) is 0.795. The van der Waals surface area contributed by atoms with Gasteiger partial charge in [-0.25, -0.2) is 0 Å². The van der Waals surface area contributed by atoms with Gasteiger partial charge in [0.2, 0.25) is 0 Å². The largest absolute Gasteiger partial charge is 0.373 e. The topological polar surface area (TPSA) is 12.5 Å². The highest BCUT2D eigenvalue weighted by Crippen LogP contribution is 2.19. The fraction of sp³-hybridized carbons (Fsp3) is 0.500. The van der Waals surface area contributed by atoms with Crippen LogP contribution in [0.25, 0.3) is 0 Å². The average Bonchev–Trinajstić information content (AvgIpc) is 2.50. The molecule has 0 spiro atoms. The molecule has 1 atom stereocenters. The summed E-state index contributed by atoms with van der Waals surface area (Å²) in [6.07, 6.45) is 4.31. The molecule has 0 radical (unpaired) electrons. The normalized spacial score (nSPS) is 23.3. The molecule has 0 amide bonds. The third-order valence-electron chi connectivity index (χ3n) is 1.35. The standard InChI is InChI=1S/C8H12O/c1-3-4-7(2)5-8-6-9-8/h3,8H,1-2,4-6H2. The summed E-state index contributed by atoms with van der Waals surface area (Å²) in [6, 6.07) is 0. The molecule has 9 heavy (non-hydrogen) atoms. The van der Waals surface area contributed by atoms with Gasteiger partial charge in [0.1, 0.15) is 0 Å². The van der Waals surface area contributed by atoms with E-state index in [1.807, 2.05) is 6.08 Å². The van der Waals surface area contributed by atoms with Gasteiger partial charge in [0.25, 0.3) is 0 Å². The maximum Gasteiger partial charge on any atom is 0.0846 e. The van der Waals surface area contributed by atoms with Crippen molar-refractivity contribution in [2.45, 2.75) is 18.9 Å². The van der Waals surface area contributed by atoms with Gasteiger partial charge in [0.05, 0.1) is 12.7 Å². The van der Waals surface area contributed by atoms with Gasteiger partial charge in [0.15, 0.2) is 0 Å². The van der Waals surface area contributed by atoms with Crippen molar-refractivity contribution >= 4 is 0 Å². The predicted octanol–water partition coefficient (Wildman–Crippen LogP) is 1.91. The van der Waals surface area contributed by atoms with Gasteiger partial charge in [-0.2, -0.15) is 0 Å². The Balaban J connectivity index is 2.09. The molecule has 1 rings (SSSR count). The van der Waals surface area contributed by atoms with Crippen LogP contribution in [-0.2, 0) is 4.74 Å². The molecule has 1 saturated heterocycles. The minimum absolute atomic E-state index is 0.484. The molecule has 0 saturated carbocycles. The first-order valence-corrected chi connectivity index (χ1v) is 3.22. The van der Waals surface area contributed by atoms with Gasteiger partial charge < -0.3 is 4.74 Å². The Labute approximate surface area is 56.0 Å². The molecule has 0 aromatic carbocycles. The van der Waals surface area contributed by atoms with Crippen LogP contribution in [0.4, 0.5) is 0 Å². The molecule has 0 N–H and O–H groups in total. The lowest BCUT2D eigenvalue weighted by molar-refractivity contribution is 0.406. The monoisotopic (exact) mass is 124 g/mol. The summed E-state index contributed by atoms with van der Waals surface area (Å²) in [6.45, 7) is 8.43. The average molecular weight is 124 g/mol. The van der Waals surface area contributed by atoms with E-state index in [4.69, 9.17) is 4.74 Å². The van der Waals surface area contributed by atoms with Crippen LogP contribution in [0.3, 0.4) is 0 Å². The van der Waals surface area contributed by atoms with Crippen molar-refractivity contribution in [3.8, 4) is 0 Å². The van der Waals surface area contributed by atoms with Crippen LogP contribution in [0.2, 0.25) is 0 Å². The summed E-state index contributed by atoms with van der Waals surface area (Å²) in [5, 5.41) is 0. The maximum atomic E-state index is 5.03. The van der Waals surface area contributed by atoms with Crippen molar-refractivity contribution in [2.75, 3.05) is 6.61 Å². The van der Waals surface area contributed by atoms with Crippen LogP contribution < -0.4 is 0 Å². The number of hydrogen-bond donors (Lipinski definition) is 0. The lowest BCUT2D eigenvalue weighted by Gasteiger charge is -1.95. The van der Waals surface area contributed by atoms with Gasteiger partial charge >= 0.3 is 0 Å². The van der Waals surface area contributed by atoms with E-state index in [0.29, 0.717) is 6.10 Å². The molecule has 0 bridgehead atoms. The Hall–Kier alpha value is -0.560. The van der Waals surface area contributed by atoms with Crippen molar-refractivity contribution < 1.29 is 4.74 Å². The second-order valence-corrected chi connectivity index (χ2v) is 2.40. The summed E-state index contributed by atoms with van der Waals surface area (Å²) < 4.78 is 5.03. The second kappa shape index (κ2) is 2.83. The molecule has 1 heterocycles. The minimum Gasteiger partial charge on any atom is -0.373 e. The Kier molecular flexibility index (Phi) is 2.06. The second-order valence-electron chi connectivity index (χ2n) is 2.40. The highest BCUT2D eigenvalue weighted by molar-refractivity contribution is 5.03. The molecule has 50 valence electrons. The third-order valence-corrected chi connectivity index (χ3v) is 1.35. The molecule has 1 unspecified atom stereocenters. The molecule has 1 aliphatic rings. The first-order valence-electron chi connectivity index (χ1n) is 3.22. The third kappa shape index (κ3) is 2.47. The van der Waals surface area contributed by atoms with Crippen LogP contribution in [0.1, 0.15) is 12.8 Å². The van der Waals surface area contributed by atoms with Gasteiger partial charge in [-0.05, 0) is 12.8 Å². The van der Waals surface area contributed by atoms with E-state index in [1.165, 1.54) is 5.57 Å². The Bertz CT molecular complexity index is 123. The number of epoxide rings is 1. The van der Waals surface area contributed by atoms with Crippen molar-refractivity contribution in [1.82, 2.24) is 0 Å². The highest BCUT2D eigenvalue weighted by atomic mass is 16.6. The molecule has 0 aliphatic carbocycles. The summed E-state index contributed by atoms with van der Waals surface area (Å²) in [7, 11) is 0. The molecule has 1 fully saturated rings. The maximum absolute atomic E-state index is 5.03. The molecular weight excluding hydrogens is 112 g/mol. The first-order chi connectivity index (χ1) is 4.33. The fourth-order valence-electron chi connectivity index (χ4n) is 0.795. The van der Waals surface area contributed by atoms with Crippen molar-refractivity contribution in [3.05, 3.63) is 24.8 Å². The quantitative estimate of drug-likeness (QED) is 0.412. The number of allylic oxidation sites excluding steroid dienone is 1. The number of ether oxygens (including phenoxy) is 1. The number of hydrogen-bond acceptors (Lipinski definition) is 1. The zero-order chi connectivity index (χ0) is 6.69. The molecular formula is C8H12O. The van der Waals surface area contributed by atoms with Gasteiger partial charge in [0, 0.05) is 0 Å². The molecule has 0 aromatic heterocycles. The molecule has 1 aliphatic heterocycles. The molecule has 0 aromatic rings. The van der Waals surface area contributed by atoms with Crippen LogP contribution >= 0.6 is 0 Å². The van der Waals surface area contributed by atoms with E-state index in [2.05, 4.69) is 13.2 Å². The number of rotatable bonds is 4. The van der Waals surface area contributed by atoms with Crippen LogP contribution in [0, 0.1) is 0 Å².